The van der Waals surface area contributed by atoms with Gasteiger partial charge in [-0.2, -0.15) is 4.98 Å². The molecule has 30 heavy (non-hydrogen) atoms. The predicted molar refractivity (Wildman–Crippen MR) is 128 cm³/mol. The molecule has 1 fully saturated rings. The summed E-state index contributed by atoms with van der Waals surface area (Å²) in [4.78, 5) is 22.6. The highest BCUT2D eigenvalue weighted by molar-refractivity contribution is 14.0. The highest BCUT2D eigenvalue weighted by Gasteiger charge is 2.23. The number of aliphatic imine (C=N–C) groups is 1. The molecule has 3 rings (SSSR count). The number of nitrogens with zero attached hydrogens (tertiary/aromatic N) is 4. The van der Waals surface area contributed by atoms with Crippen molar-refractivity contribution < 1.29 is 9.32 Å². The fourth-order valence-electron chi connectivity index (χ4n) is 3.40. The van der Waals surface area contributed by atoms with Crippen molar-refractivity contribution in [3.8, 4) is 11.4 Å². The van der Waals surface area contributed by atoms with Crippen LogP contribution in [0, 0.1) is 5.92 Å². The quantitative estimate of drug-likeness (QED) is 0.329. The Morgan fingerprint density at radius 3 is 2.63 bits per heavy atom. The van der Waals surface area contributed by atoms with Gasteiger partial charge in [0.15, 0.2) is 5.96 Å². The van der Waals surface area contributed by atoms with Gasteiger partial charge in [0.2, 0.25) is 17.6 Å². The highest BCUT2D eigenvalue weighted by atomic mass is 127. The van der Waals surface area contributed by atoms with Gasteiger partial charge >= 0.3 is 0 Å². The second-order valence-corrected chi connectivity index (χ2v) is 7.49. The van der Waals surface area contributed by atoms with E-state index in [4.69, 9.17) is 16.1 Å². The number of nitrogens with one attached hydrogen (secondary N) is 2. The molecule has 0 atom stereocenters. The molecule has 0 aliphatic carbocycles. The number of hydrogen-bond donors (Lipinski definition) is 2. The van der Waals surface area contributed by atoms with Crippen molar-refractivity contribution in [3.63, 3.8) is 0 Å². The smallest absolute Gasteiger partial charge is 0.228 e. The summed E-state index contributed by atoms with van der Waals surface area (Å²) in [5.41, 5.74) is 0.868. The van der Waals surface area contributed by atoms with Crippen molar-refractivity contribution in [1.82, 2.24) is 25.7 Å². The first-order valence-corrected chi connectivity index (χ1v) is 10.2. The summed E-state index contributed by atoms with van der Waals surface area (Å²) in [6, 6.07) is 7.34. The highest BCUT2D eigenvalue weighted by Crippen LogP contribution is 2.21. The van der Waals surface area contributed by atoms with Gasteiger partial charge < -0.3 is 20.1 Å². The zero-order valence-electron chi connectivity index (χ0n) is 17.2. The van der Waals surface area contributed by atoms with Gasteiger partial charge in [0.05, 0.1) is 0 Å². The van der Waals surface area contributed by atoms with Crippen molar-refractivity contribution in [2.75, 3.05) is 33.7 Å². The van der Waals surface area contributed by atoms with Crippen LogP contribution in [0.15, 0.2) is 33.8 Å². The van der Waals surface area contributed by atoms with Gasteiger partial charge in [-0.3, -0.25) is 9.79 Å². The van der Waals surface area contributed by atoms with Gasteiger partial charge in [0.25, 0.3) is 0 Å². The van der Waals surface area contributed by atoms with E-state index in [0.29, 0.717) is 42.0 Å². The van der Waals surface area contributed by atoms with E-state index in [0.717, 1.165) is 37.5 Å². The summed E-state index contributed by atoms with van der Waals surface area (Å²) in [5.74, 6) is 2.54. The van der Waals surface area contributed by atoms with Crippen molar-refractivity contribution >= 4 is 47.4 Å². The first-order valence-electron chi connectivity index (χ1n) is 9.83. The van der Waals surface area contributed by atoms with Crippen LogP contribution in [0.5, 0.6) is 0 Å². The van der Waals surface area contributed by atoms with Gasteiger partial charge in [-0.25, -0.2) is 0 Å². The largest absolute Gasteiger partial charge is 0.359 e. The Morgan fingerprint density at radius 2 is 2.00 bits per heavy atom. The van der Waals surface area contributed by atoms with Crippen LogP contribution in [0.2, 0.25) is 5.02 Å². The monoisotopic (exact) mass is 546 g/mol. The summed E-state index contributed by atoms with van der Waals surface area (Å²) >= 11 is 5.91. The third-order valence-electron chi connectivity index (χ3n) is 5.07. The van der Waals surface area contributed by atoms with E-state index in [1.54, 1.807) is 26.2 Å². The van der Waals surface area contributed by atoms with Crippen LogP contribution in [-0.2, 0) is 11.2 Å². The van der Waals surface area contributed by atoms with E-state index in [-0.39, 0.29) is 29.9 Å². The van der Waals surface area contributed by atoms with Crippen molar-refractivity contribution in [2.45, 2.75) is 25.7 Å². The molecule has 2 N–H and O–H groups in total. The SMILES string of the molecule is CN=C(NCCc1nc(-c2ccc(Cl)cc2)no1)N1CCC(CC(=O)NC)CC1.I. The topological polar surface area (TPSA) is 95.7 Å². The Hall–Kier alpha value is -1.88. The lowest BCUT2D eigenvalue weighted by atomic mass is 9.93. The number of halogens is 2. The lowest BCUT2D eigenvalue weighted by molar-refractivity contribution is -0.121. The standard InChI is InChI=1S/C20H27ClN6O2.HI/c1-22-17(28)13-14-8-11-27(12-9-14)20(23-2)24-10-7-18-25-19(26-29-18)15-3-5-16(21)6-4-15;/h3-6,14H,7-13H2,1-2H3,(H,22,28)(H,23,24);1H. The molecule has 0 radical (unpaired) electrons. The Balaban J connectivity index is 0.00000320. The molecule has 2 heterocycles. The molecule has 0 saturated carbocycles. The van der Waals surface area contributed by atoms with Crippen molar-refractivity contribution in [2.24, 2.45) is 10.9 Å². The fourth-order valence-corrected chi connectivity index (χ4v) is 3.53. The number of rotatable bonds is 6. The Kier molecular flexibility index (Phi) is 9.83. The number of guanidine groups is 1. The lowest BCUT2D eigenvalue weighted by Gasteiger charge is -2.34. The molecule has 0 spiro atoms. The summed E-state index contributed by atoms with van der Waals surface area (Å²) < 4.78 is 5.35. The molecule has 164 valence electrons. The predicted octanol–water partition coefficient (Wildman–Crippen LogP) is 2.97. The van der Waals surface area contributed by atoms with Crippen LogP contribution < -0.4 is 10.6 Å². The van der Waals surface area contributed by atoms with Gasteiger partial charge in [-0.1, -0.05) is 16.8 Å². The number of carbonyl (C=O) groups is 1. The van der Waals surface area contributed by atoms with Gasteiger partial charge in [-0.05, 0) is 43.0 Å². The zero-order valence-corrected chi connectivity index (χ0v) is 20.3. The minimum atomic E-state index is 0. The van der Waals surface area contributed by atoms with E-state index in [1.807, 2.05) is 12.1 Å². The van der Waals surface area contributed by atoms with Crippen LogP contribution >= 0.6 is 35.6 Å². The average molecular weight is 547 g/mol. The molecule has 0 unspecified atom stereocenters. The Morgan fingerprint density at radius 1 is 1.30 bits per heavy atom. The summed E-state index contributed by atoms with van der Waals surface area (Å²) in [5, 5.41) is 10.8. The summed E-state index contributed by atoms with van der Waals surface area (Å²) in [6.45, 7) is 2.43. The lowest BCUT2D eigenvalue weighted by Crippen LogP contribution is -2.46. The van der Waals surface area contributed by atoms with E-state index in [2.05, 4.69) is 30.7 Å². The van der Waals surface area contributed by atoms with Crippen LogP contribution in [0.4, 0.5) is 0 Å². The van der Waals surface area contributed by atoms with Crippen molar-refractivity contribution in [3.05, 3.63) is 35.2 Å². The second kappa shape index (κ2) is 12.1. The first kappa shape index (κ1) is 24.4. The summed E-state index contributed by atoms with van der Waals surface area (Å²) in [7, 11) is 3.47. The Labute approximate surface area is 198 Å². The van der Waals surface area contributed by atoms with E-state index < -0.39 is 0 Å². The number of benzene rings is 1. The number of hydrogen-bond acceptors (Lipinski definition) is 5. The third kappa shape index (κ3) is 6.83. The van der Waals surface area contributed by atoms with Crippen LogP contribution in [0.1, 0.15) is 25.2 Å². The third-order valence-corrected chi connectivity index (χ3v) is 5.32. The van der Waals surface area contributed by atoms with E-state index in [9.17, 15) is 4.79 Å². The maximum absolute atomic E-state index is 11.5. The van der Waals surface area contributed by atoms with Gasteiger partial charge in [0.1, 0.15) is 0 Å². The molecule has 1 aliphatic rings. The molecule has 1 aromatic heterocycles. The minimum Gasteiger partial charge on any atom is -0.359 e. The molecular weight excluding hydrogens is 519 g/mol. The first-order chi connectivity index (χ1) is 14.1. The summed E-state index contributed by atoms with van der Waals surface area (Å²) in [6.07, 6.45) is 3.18. The van der Waals surface area contributed by atoms with E-state index in [1.165, 1.54) is 0 Å². The molecule has 10 heteroatoms. The van der Waals surface area contributed by atoms with Gasteiger partial charge in [-0.15, -0.1) is 24.0 Å². The van der Waals surface area contributed by atoms with Gasteiger partial charge in [0, 0.05) is 57.2 Å². The normalized spacial score (nSPS) is 14.9. The number of piperidine rings is 1. The maximum atomic E-state index is 11.5. The molecule has 1 amide bonds. The zero-order chi connectivity index (χ0) is 20.6. The van der Waals surface area contributed by atoms with Crippen LogP contribution in [0.25, 0.3) is 11.4 Å². The second-order valence-electron chi connectivity index (χ2n) is 7.05. The van der Waals surface area contributed by atoms with E-state index >= 15 is 0 Å². The molecule has 2 aromatic rings. The van der Waals surface area contributed by atoms with Crippen LogP contribution in [0.3, 0.4) is 0 Å². The molecular formula is C20H28ClIN6O2. The molecule has 0 bridgehead atoms. The molecule has 1 saturated heterocycles. The minimum absolute atomic E-state index is 0. The fraction of sp³-hybridized carbons (Fsp3) is 0.500. The number of carbonyl (C=O) groups excluding carboxylic acids is 1. The Bertz CT molecular complexity index is 834. The molecule has 8 nitrogen and oxygen atoms in total. The van der Waals surface area contributed by atoms with Crippen LogP contribution in [-0.4, -0.2) is 60.6 Å². The average Bonchev–Trinajstić information content (AvgIpc) is 3.21. The van der Waals surface area contributed by atoms with Crippen molar-refractivity contribution in [1.29, 1.82) is 0 Å². The maximum Gasteiger partial charge on any atom is 0.228 e. The number of likely N-dealkylation sites (tertiary alicyclic amines) is 1. The molecule has 1 aromatic carbocycles. The number of amides is 1. The number of aromatic nitrogens is 2. The molecule has 1 aliphatic heterocycles.